The third-order valence-corrected chi connectivity index (χ3v) is 4.11. The van der Waals surface area contributed by atoms with Gasteiger partial charge in [-0.3, -0.25) is 4.72 Å². The molecular formula is C14H22N2O2S. The summed E-state index contributed by atoms with van der Waals surface area (Å²) in [6.45, 7) is 4.58. The van der Waals surface area contributed by atoms with E-state index in [0.29, 0.717) is 17.1 Å². The zero-order valence-corrected chi connectivity index (χ0v) is 12.5. The highest BCUT2D eigenvalue weighted by atomic mass is 32.2. The molecule has 0 amide bonds. The molecule has 0 spiro atoms. The Labute approximate surface area is 115 Å². The fourth-order valence-electron chi connectivity index (χ4n) is 2.68. The van der Waals surface area contributed by atoms with Crippen molar-refractivity contribution in [3.63, 3.8) is 0 Å². The van der Waals surface area contributed by atoms with Crippen LogP contribution in [-0.4, -0.2) is 20.7 Å². The summed E-state index contributed by atoms with van der Waals surface area (Å²) in [7, 11) is -3.22. The highest BCUT2D eigenvalue weighted by Gasteiger charge is 2.30. The van der Waals surface area contributed by atoms with Gasteiger partial charge >= 0.3 is 0 Å². The SMILES string of the molecule is CC1(C)CCC(Nc2cccc(NS(C)(=O)=O)c2)C1. The van der Waals surface area contributed by atoms with Crippen LogP contribution in [0.3, 0.4) is 0 Å². The van der Waals surface area contributed by atoms with Crippen molar-refractivity contribution in [1.82, 2.24) is 0 Å². The molecule has 1 fully saturated rings. The molecule has 0 bridgehead atoms. The lowest BCUT2D eigenvalue weighted by molar-refractivity contribution is 0.378. The Morgan fingerprint density at radius 3 is 2.53 bits per heavy atom. The molecule has 0 aliphatic heterocycles. The highest BCUT2D eigenvalue weighted by molar-refractivity contribution is 7.92. The van der Waals surface area contributed by atoms with Crippen LogP contribution in [-0.2, 0) is 10.0 Å². The van der Waals surface area contributed by atoms with Gasteiger partial charge in [0, 0.05) is 11.7 Å². The molecular weight excluding hydrogens is 260 g/mol. The second kappa shape index (κ2) is 5.04. The number of benzene rings is 1. The van der Waals surface area contributed by atoms with E-state index in [0.717, 1.165) is 24.8 Å². The van der Waals surface area contributed by atoms with Gasteiger partial charge in [0.15, 0.2) is 0 Å². The van der Waals surface area contributed by atoms with Crippen LogP contribution in [0.4, 0.5) is 11.4 Å². The fraction of sp³-hybridized carbons (Fsp3) is 0.571. The maximum Gasteiger partial charge on any atom is 0.229 e. The number of hydrogen-bond donors (Lipinski definition) is 2. The second-order valence-electron chi connectivity index (χ2n) is 6.20. The van der Waals surface area contributed by atoms with Crippen LogP contribution >= 0.6 is 0 Å². The Morgan fingerprint density at radius 1 is 1.26 bits per heavy atom. The molecule has 5 heteroatoms. The Morgan fingerprint density at radius 2 is 1.95 bits per heavy atom. The van der Waals surface area contributed by atoms with Crippen LogP contribution in [0.15, 0.2) is 24.3 Å². The minimum Gasteiger partial charge on any atom is -0.382 e. The van der Waals surface area contributed by atoms with Crippen molar-refractivity contribution in [1.29, 1.82) is 0 Å². The van der Waals surface area contributed by atoms with Gasteiger partial charge in [0.05, 0.1) is 11.9 Å². The van der Waals surface area contributed by atoms with Crippen LogP contribution in [0, 0.1) is 5.41 Å². The number of anilines is 2. The standard InChI is InChI=1S/C14H22N2O2S/c1-14(2)8-7-13(10-14)15-11-5-4-6-12(9-11)16-19(3,17)18/h4-6,9,13,15-16H,7-8,10H2,1-3H3. The molecule has 4 nitrogen and oxygen atoms in total. The van der Waals surface area contributed by atoms with Crippen molar-refractivity contribution in [3.05, 3.63) is 24.3 Å². The van der Waals surface area contributed by atoms with Gasteiger partial charge in [0.25, 0.3) is 0 Å². The molecule has 0 heterocycles. The molecule has 1 aromatic carbocycles. The summed E-state index contributed by atoms with van der Waals surface area (Å²) in [5, 5.41) is 3.49. The van der Waals surface area contributed by atoms with E-state index in [2.05, 4.69) is 23.9 Å². The summed E-state index contributed by atoms with van der Waals surface area (Å²) >= 11 is 0. The maximum atomic E-state index is 11.2. The average Bonchev–Trinajstić information content (AvgIpc) is 2.56. The summed E-state index contributed by atoms with van der Waals surface area (Å²) < 4.78 is 24.9. The molecule has 1 aliphatic carbocycles. The van der Waals surface area contributed by atoms with Gasteiger partial charge in [0.1, 0.15) is 0 Å². The lowest BCUT2D eigenvalue weighted by Crippen LogP contribution is -2.17. The van der Waals surface area contributed by atoms with E-state index in [1.807, 2.05) is 18.2 Å². The third kappa shape index (κ3) is 4.42. The Balaban J connectivity index is 2.04. The van der Waals surface area contributed by atoms with E-state index in [4.69, 9.17) is 0 Å². The van der Waals surface area contributed by atoms with E-state index < -0.39 is 10.0 Å². The first-order chi connectivity index (χ1) is 8.73. The third-order valence-electron chi connectivity index (χ3n) is 3.51. The molecule has 2 N–H and O–H groups in total. The highest BCUT2D eigenvalue weighted by Crippen LogP contribution is 2.38. The zero-order chi connectivity index (χ0) is 14.1. The first kappa shape index (κ1) is 14.2. The Kier molecular flexibility index (Phi) is 3.76. The lowest BCUT2D eigenvalue weighted by atomic mass is 9.92. The summed E-state index contributed by atoms with van der Waals surface area (Å²) in [6, 6.07) is 7.90. The Hall–Kier alpha value is -1.23. The van der Waals surface area contributed by atoms with Gasteiger partial charge in [-0.05, 0) is 42.9 Å². The van der Waals surface area contributed by atoms with Crippen LogP contribution < -0.4 is 10.0 Å². The van der Waals surface area contributed by atoms with Gasteiger partial charge in [-0.2, -0.15) is 0 Å². The first-order valence-electron chi connectivity index (χ1n) is 6.58. The van der Waals surface area contributed by atoms with Crippen LogP contribution in [0.5, 0.6) is 0 Å². The smallest absolute Gasteiger partial charge is 0.229 e. The minimum atomic E-state index is -3.22. The van der Waals surface area contributed by atoms with E-state index in [1.165, 1.54) is 6.42 Å². The van der Waals surface area contributed by atoms with Gasteiger partial charge in [-0.15, -0.1) is 0 Å². The summed E-state index contributed by atoms with van der Waals surface area (Å²) in [4.78, 5) is 0. The Bertz CT molecular complexity index is 552. The predicted molar refractivity (Wildman–Crippen MR) is 80.0 cm³/mol. The number of sulfonamides is 1. The summed E-state index contributed by atoms with van der Waals surface area (Å²) in [5.74, 6) is 0. The molecule has 1 aliphatic rings. The molecule has 19 heavy (non-hydrogen) atoms. The molecule has 0 radical (unpaired) electrons. The monoisotopic (exact) mass is 282 g/mol. The fourth-order valence-corrected chi connectivity index (χ4v) is 3.24. The van der Waals surface area contributed by atoms with Crippen molar-refractivity contribution >= 4 is 21.4 Å². The number of hydrogen-bond acceptors (Lipinski definition) is 3. The molecule has 0 aromatic heterocycles. The number of rotatable bonds is 4. The first-order valence-corrected chi connectivity index (χ1v) is 8.47. The topological polar surface area (TPSA) is 58.2 Å². The van der Waals surface area contributed by atoms with Crippen molar-refractivity contribution in [2.24, 2.45) is 5.41 Å². The van der Waals surface area contributed by atoms with Crippen molar-refractivity contribution < 1.29 is 8.42 Å². The largest absolute Gasteiger partial charge is 0.382 e. The molecule has 106 valence electrons. The van der Waals surface area contributed by atoms with E-state index in [-0.39, 0.29) is 0 Å². The molecule has 1 unspecified atom stereocenters. The van der Waals surface area contributed by atoms with Crippen molar-refractivity contribution in [2.45, 2.75) is 39.2 Å². The molecule has 1 saturated carbocycles. The van der Waals surface area contributed by atoms with Gasteiger partial charge in [-0.1, -0.05) is 19.9 Å². The van der Waals surface area contributed by atoms with E-state index in [9.17, 15) is 8.42 Å². The zero-order valence-electron chi connectivity index (χ0n) is 11.7. The summed E-state index contributed by atoms with van der Waals surface area (Å²) in [6.07, 6.45) is 4.70. The lowest BCUT2D eigenvalue weighted by Gasteiger charge is -2.19. The van der Waals surface area contributed by atoms with E-state index >= 15 is 0 Å². The van der Waals surface area contributed by atoms with Crippen molar-refractivity contribution in [3.8, 4) is 0 Å². The predicted octanol–water partition coefficient (Wildman–Crippen LogP) is 3.05. The van der Waals surface area contributed by atoms with E-state index in [1.54, 1.807) is 6.07 Å². The second-order valence-corrected chi connectivity index (χ2v) is 7.95. The quantitative estimate of drug-likeness (QED) is 0.892. The van der Waals surface area contributed by atoms with Gasteiger partial charge < -0.3 is 5.32 Å². The molecule has 2 rings (SSSR count). The molecule has 1 aromatic rings. The molecule has 1 atom stereocenters. The van der Waals surface area contributed by atoms with Gasteiger partial charge in [-0.25, -0.2) is 8.42 Å². The van der Waals surface area contributed by atoms with Crippen LogP contribution in [0.2, 0.25) is 0 Å². The van der Waals surface area contributed by atoms with Crippen LogP contribution in [0.25, 0.3) is 0 Å². The number of nitrogens with one attached hydrogen (secondary N) is 2. The van der Waals surface area contributed by atoms with Gasteiger partial charge in [0.2, 0.25) is 10.0 Å². The van der Waals surface area contributed by atoms with Crippen LogP contribution in [0.1, 0.15) is 33.1 Å². The maximum absolute atomic E-state index is 11.2. The van der Waals surface area contributed by atoms with Crippen molar-refractivity contribution in [2.75, 3.05) is 16.3 Å². The average molecular weight is 282 g/mol. The summed E-state index contributed by atoms with van der Waals surface area (Å²) in [5.41, 5.74) is 1.97. The minimum absolute atomic E-state index is 0.403. The molecule has 0 saturated heterocycles. The normalized spacial score (nSPS) is 22.2.